The van der Waals surface area contributed by atoms with Crippen LogP contribution in [0.4, 0.5) is 0 Å². The monoisotopic (exact) mass is 498 g/mol. The van der Waals surface area contributed by atoms with Crippen LogP contribution in [0.1, 0.15) is 71.3 Å². The second-order valence-electron chi connectivity index (χ2n) is 12.1. The van der Waals surface area contributed by atoms with E-state index in [1.807, 2.05) is 37.3 Å². The van der Waals surface area contributed by atoms with Crippen molar-refractivity contribution < 1.29 is 34.0 Å². The Morgan fingerprint density at radius 1 is 1.17 bits per heavy atom. The maximum Gasteiger partial charge on any atom is 0.331 e. The smallest absolute Gasteiger partial charge is 0.331 e. The van der Waals surface area contributed by atoms with E-state index in [4.69, 9.17) is 14.2 Å². The van der Waals surface area contributed by atoms with Gasteiger partial charge in [0.2, 0.25) is 0 Å². The topological polar surface area (TPSA) is 102 Å². The number of esters is 2. The average Bonchev–Trinajstić information content (AvgIpc) is 3.21. The van der Waals surface area contributed by atoms with Gasteiger partial charge in [0.25, 0.3) is 0 Å². The summed E-state index contributed by atoms with van der Waals surface area (Å²) in [5.41, 5.74) is -3.07. The second kappa shape index (κ2) is 8.67. The Labute approximate surface area is 212 Å². The van der Waals surface area contributed by atoms with Gasteiger partial charge < -0.3 is 24.4 Å². The largest absolute Gasteiger partial charge is 0.463 e. The Bertz CT molecular complexity index is 1050. The van der Waals surface area contributed by atoms with Gasteiger partial charge >= 0.3 is 11.9 Å². The van der Waals surface area contributed by atoms with Gasteiger partial charge in [-0.25, -0.2) is 4.79 Å². The van der Waals surface area contributed by atoms with E-state index in [0.29, 0.717) is 19.3 Å². The molecule has 4 fully saturated rings. The van der Waals surface area contributed by atoms with Crippen molar-refractivity contribution >= 4 is 18.0 Å². The Kier molecular flexibility index (Phi) is 6.13. The Balaban J connectivity index is 1.50. The van der Waals surface area contributed by atoms with Crippen LogP contribution in [0.3, 0.4) is 0 Å². The van der Waals surface area contributed by atoms with Crippen LogP contribution in [0.25, 0.3) is 6.08 Å². The zero-order chi connectivity index (χ0) is 25.8. The highest BCUT2D eigenvalue weighted by molar-refractivity contribution is 5.87. The van der Waals surface area contributed by atoms with Crippen molar-refractivity contribution in [2.75, 3.05) is 13.2 Å². The molecule has 1 spiro atoms. The first kappa shape index (κ1) is 25.4. The molecule has 36 heavy (non-hydrogen) atoms. The van der Waals surface area contributed by atoms with E-state index >= 15 is 0 Å². The van der Waals surface area contributed by atoms with Crippen molar-refractivity contribution in [2.45, 2.75) is 88.6 Å². The molecule has 0 bridgehead atoms. The number of rotatable bonds is 4. The average molecular weight is 499 g/mol. The molecular formula is C29H38O7. The number of carbonyl (C=O) groups is 2. The number of aliphatic hydroxyl groups is 2. The van der Waals surface area contributed by atoms with Crippen LogP contribution < -0.4 is 0 Å². The standard InChI is InChI=1S/C29H38O7/c1-25-14-15-28(17-24(32)34-19-28)36-26(25,2)16-22(27(3)21(25)10-7-13-29(27,33)18-30)35-23(31)12-11-20-8-5-4-6-9-20/h4-6,8-9,11-12,21-22,30,33H,7,10,13-19H2,1-3H3/b12-11+/t21-,22+,25+,26+,27+,28+,29+/m1/s1. The van der Waals surface area contributed by atoms with E-state index in [1.165, 1.54) is 6.08 Å². The van der Waals surface area contributed by atoms with Gasteiger partial charge in [0.1, 0.15) is 18.3 Å². The minimum atomic E-state index is -1.38. The van der Waals surface area contributed by atoms with E-state index in [2.05, 4.69) is 13.8 Å². The highest BCUT2D eigenvalue weighted by Gasteiger charge is 2.73. The number of cyclic esters (lactones) is 1. The molecule has 2 aliphatic heterocycles. The van der Waals surface area contributed by atoms with Crippen molar-refractivity contribution in [3.63, 3.8) is 0 Å². The lowest BCUT2D eigenvalue weighted by Crippen LogP contribution is -2.75. The fourth-order valence-corrected chi connectivity index (χ4v) is 7.90. The number of carbonyl (C=O) groups excluding carboxylic acids is 2. The summed E-state index contributed by atoms with van der Waals surface area (Å²) in [6, 6.07) is 9.52. The molecular weight excluding hydrogens is 460 g/mol. The fraction of sp³-hybridized carbons (Fsp3) is 0.655. The van der Waals surface area contributed by atoms with Gasteiger partial charge in [-0.2, -0.15) is 0 Å². The number of ether oxygens (including phenoxy) is 3. The summed E-state index contributed by atoms with van der Waals surface area (Å²) in [5.74, 6) is -0.795. The zero-order valence-corrected chi connectivity index (χ0v) is 21.5. The molecule has 0 radical (unpaired) electrons. The summed E-state index contributed by atoms with van der Waals surface area (Å²) < 4.78 is 18.3. The molecule has 0 unspecified atom stereocenters. The molecule has 7 nitrogen and oxygen atoms in total. The van der Waals surface area contributed by atoms with Crippen molar-refractivity contribution in [2.24, 2.45) is 16.7 Å². The molecule has 2 saturated heterocycles. The van der Waals surface area contributed by atoms with Crippen LogP contribution in [-0.4, -0.2) is 58.3 Å². The van der Waals surface area contributed by atoms with Crippen LogP contribution in [0.2, 0.25) is 0 Å². The summed E-state index contributed by atoms with van der Waals surface area (Å²) in [5, 5.41) is 22.2. The van der Waals surface area contributed by atoms with Crippen molar-refractivity contribution in [1.29, 1.82) is 0 Å². The third-order valence-electron chi connectivity index (χ3n) is 10.3. The Morgan fingerprint density at radius 2 is 1.92 bits per heavy atom. The van der Waals surface area contributed by atoms with Crippen LogP contribution in [0.15, 0.2) is 36.4 Å². The van der Waals surface area contributed by atoms with Crippen LogP contribution in [0.5, 0.6) is 0 Å². The van der Waals surface area contributed by atoms with Crippen molar-refractivity contribution in [1.82, 2.24) is 0 Å². The fourth-order valence-electron chi connectivity index (χ4n) is 7.90. The molecule has 2 N–H and O–H groups in total. The maximum absolute atomic E-state index is 13.1. The van der Waals surface area contributed by atoms with E-state index in [1.54, 1.807) is 6.08 Å². The van der Waals surface area contributed by atoms with Gasteiger partial charge in [0, 0.05) is 23.3 Å². The number of fused-ring (bicyclic) bond motifs is 3. The molecule has 0 amide bonds. The second-order valence-corrected chi connectivity index (χ2v) is 12.1. The molecule has 1 aromatic rings. The van der Waals surface area contributed by atoms with Crippen molar-refractivity contribution in [3.05, 3.63) is 42.0 Å². The lowest BCUT2D eigenvalue weighted by atomic mass is 9.40. The summed E-state index contributed by atoms with van der Waals surface area (Å²) in [6.07, 6.45) is 6.58. The van der Waals surface area contributed by atoms with Crippen LogP contribution >= 0.6 is 0 Å². The van der Waals surface area contributed by atoms with Gasteiger partial charge in [-0.05, 0) is 50.2 Å². The molecule has 5 rings (SSSR count). The Hall–Kier alpha value is -2.22. The predicted molar refractivity (Wildman–Crippen MR) is 133 cm³/mol. The van der Waals surface area contributed by atoms with Gasteiger partial charge in [-0.3, -0.25) is 4.79 Å². The zero-order valence-electron chi connectivity index (χ0n) is 21.5. The third kappa shape index (κ3) is 3.74. The predicted octanol–water partition coefficient (Wildman–Crippen LogP) is 3.81. The molecule has 2 aliphatic carbocycles. The van der Waals surface area contributed by atoms with Gasteiger partial charge in [0.15, 0.2) is 0 Å². The van der Waals surface area contributed by atoms with Gasteiger partial charge in [0.05, 0.1) is 24.2 Å². The van der Waals surface area contributed by atoms with E-state index in [-0.39, 0.29) is 30.3 Å². The van der Waals surface area contributed by atoms with Crippen LogP contribution in [-0.2, 0) is 23.8 Å². The summed E-state index contributed by atoms with van der Waals surface area (Å²) in [7, 11) is 0. The molecule has 1 aromatic carbocycles. The molecule has 196 valence electrons. The first-order valence-corrected chi connectivity index (χ1v) is 13.1. The molecule has 7 heteroatoms. The molecule has 2 heterocycles. The van der Waals surface area contributed by atoms with Gasteiger partial charge in [-0.1, -0.05) is 50.6 Å². The summed E-state index contributed by atoms with van der Waals surface area (Å²) >= 11 is 0. The first-order chi connectivity index (χ1) is 17.0. The highest BCUT2D eigenvalue weighted by Crippen LogP contribution is 2.69. The van der Waals surface area contributed by atoms with Crippen LogP contribution in [0, 0.1) is 16.7 Å². The minimum absolute atomic E-state index is 0.0547. The molecule has 0 aromatic heterocycles. The SMILES string of the molecule is C[C@@]12[C@@H](OC(=O)/C=C/c3ccccc3)C[C@]3(C)O[C@]4(CC[C@@]3(C)[C@H]1CCC[C@]2(O)CO)COC(=O)C4. The normalized spacial score (nSPS) is 44.2. The number of benzene rings is 1. The molecule has 7 atom stereocenters. The Morgan fingerprint density at radius 3 is 2.58 bits per heavy atom. The maximum atomic E-state index is 13.1. The summed E-state index contributed by atoms with van der Waals surface area (Å²) in [4.78, 5) is 25.1. The van der Waals surface area contributed by atoms with E-state index in [9.17, 15) is 19.8 Å². The third-order valence-corrected chi connectivity index (χ3v) is 10.3. The number of aliphatic hydroxyl groups excluding tert-OH is 1. The first-order valence-electron chi connectivity index (χ1n) is 13.1. The molecule has 4 aliphatic rings. The molecule has 2 saturated carbocycles. The lowest BCUT2D eigenvalue weighted by molar-refractivity contribution is -0.337. The van der Waals surface area contributed by atoms with E-state index in [0.717, 1.165) is 24.8 Å². The number of hydrogen-bond donors (Lipinski definition) is 2. The van der Waals surface area contributed by atoms with Crippen molar-refractivity contribution in [3.8, 4) is 0 Å². The summed E-state index contributed by atoms with van der Waals surface area (Å²) in [6.45, 7) is 6.09. The lowest BCUT2D eigenvalue weighted by Gasteiger charge is -2.70. The van der Waals surface area contributed by atoms with Gasteiger partial charge in [-0.15, -0.1) is 0 Å². The minimum Gasteiger partial charge on any atom is -0.463 e. The van der Waals surface area contributed by atoms with E-state index < -0.39 is 40.9 Å². The highest BCUT2D eigenvalue weighted by atomic mass is 16.6. The number of hydrogen-bond acceptors (Lipinski definition) is 7. The quantitative estimate of drug-likeness (QED) is 0.481.